The van der Waals surface area contributed by atoms with Gasteiger partial charge < -0.3 is 16.4 Å². The summed E-state index contributed by atoms with van der Waals surface area (Å²) in [7, 11) is -2.91. The first-order chi connectivity index (χ1) is 9.85. The molecule has 0 saturated carbocycles. The van der Waals surface area contributed by atoms with Crippen molar-refractivity contribution in [3.8, 4) is 0 Å². The number of benzene rings is 1. The molecular formula is C14H21N3O3S. The molecule has 1 aliphatic rings. The van der Waals surface area contributed by atoms with E-state index in [2.05, 4.69) is 10.6 Å². The summed E-state index contributed by atoms with van der Waals surface area (Å²) in [5.74, 6) is 0.280. The van der Waals surface area contributed by atoms with Gasteiger partial charge in [-0.1, -0.05) is 12.1 Å². The quantitative estimate of drug-likeness (QED) is 0.785. The molecule has 6 nitrogen and oxygen atoms in total. The van der Waals surface area contributed by atoms with Crippen LogP contribution in [0.2, 0.25) is 0 Å². The molecule has 0 radical (unpaired) electrons. The van der Waals surface area contributed by atoms with E-state index in [0.29, 0.717) is 18.5 Å². The van der Waals surface area contributed by atoms with E-state index in [-0.39, 0.29) is 29.6 Å². The van der Waals surface area contributed by atoms with Crippen molar-refractivity contribution in [2.24, 2.45) is 5.73 Å². The van der Waals surface area contributed by atoms with Gasteiger partial charge in [-0.2, -0.15) is 0 Å². The van der Waals surface area contributed by atoms with Crippen molar-refractivity contribution < 1.29 is 13.2 Å². The van der Waals surface area contributed by atoms with Gasteiger partial charge in [0.05, 0.1) is 11.5 Å². The number of sulfone groups is 1. The van der Waals surface area contributed by atoms with Crippen LogP contribution in [-0.4, -0.2) is 32.0 Å². The van der Waals surface area contributed by atoms with Gasteiger partial charge in [0, 0.05) is 17.8 Å². The smallest absolute Gasteiger partial charge is 0.319 e. The molecule has 1 heterocycles. The summed E-state index contributed by atoms with van der Waals surface area (Å²) in [5.41, 5.74) is 7.44. The maximum Gasteiger partial charge on any atom is 0.319 e. The van der Waals surface area contributed by atoms with Crippen LogP contribution in [0, 0.1) is 0 Å². The Balaban J connectivity index is 1.84. The largest absolute Gasteiger partial charge is 0.335 e. The van der Waals surface area contributed by atoms with Crippen molar-refractivity contribution >= 4 is 21.6 Å². The fraction of sp³-hybridized carbons (Fsp3) is 0.500. The van der Waals surface area contributed by atoms with E-state index in [1.165, 1.54) is 0 Å². The lowest BCUT2D eigenvalue weighted by Crippen LogP contribution is -2.42. The van der Waals surface area contributed by atoms with Crippen LogP contribution in [0.1, 0.15) is 31.4 Å². The van der Waals surface area contributed by atoms with E-state index in [0.717, 1.165) is 5.56 Å². The third-order valence-corrected chi connectivity index (χ3v) is 5.30. The van der Waals surface area contributed by atoms with E-state index in [1.54, 1.807) is 12.1 Å². The lowest BCUT2D eigenvalue weighted by molar-refractivity contribution is 0.247. The Labute approximate surface area is 125 Å². The second-order valence-electron chi connectivity index (χ2n) is 5.44. The number of urea groups is 1. The summed E-state index contributed by atoms with van der Waals surface area (Å²) >= 11 is 0. The molecule has 1 fully saturated rings. The zero-order valence-corrected chi connectivity index (χ0v) is 12.8. The number of rotatable bonds is 3. The minimum atomic E-state index is -2.91. The maximum absolute atomic E-state index is 11.9. The number of carbonyl (C=O) groups excluding carboxylic acids is 1. The first kappa shape index (κ1) is 15.8. The zero-order chi connectivity index (χ0) is 15.5. The van der Waals surface area contributed by atoms with Gasteiger partial charge >= 0.3 is 6.03 Å². The molecule has 1 aromatic rings. The second kappa shape index (κ2) is 6.44. The maximum atomic E-state index is 11.9. The van der Waals surface area contributed by atoms with Crippen LogP contribution in [0.4, 0.5) is 10.5 Å². The summed E-state index contributed by atoms with van der Waals surface area (Å²) in [4.78, 5) is 11.9. The number of nitrogens with one attached hydrogen (secondary N) is 2. The molecule has 116 valence electrons. The molecule has 0 bridgehead atoms. The topological polar surface area (TPSA) is 101 Å². The van der Waals surface area contributed by atoms with Gasteiger partial charge in [-0.05, 0) is 37.5 Å². The molecule has 1 unspecified atom stereocenters. The van der Waals surface area contributed by atoms with Crippen molar-refractivity contribution in [3.05, 3.63) is 29.8 Å². The molecule has 2 amide bonds. The second-order valence-corrected chi connectivity index (χ2v) is 7.74. The SMILES string of the molecule is CC(N)c1ccc(NC(=O)NC2CCS(=O)(=O)CC2)cc1. The summed E-state index contributed by atoms with van der Waals surface area (Å²) in [5, 5.41) is 5.54. The highest BCUT2D eigenvalue weighted by Crippen LogP contribution is 2.15. The lowest BCUT2D eigenvalue weighted by atomic mass is 10.1. The Hall–Kier alpha value is -1.60. The zero-order valence-electron chi connectivity index (χ0n) is 12.0. The predicted molar refractivity (Wildman–Crippen MR) is 82.9 cm³/mol. The highest BCUT2D eigenvalue weighted by atomic mass is 32.2. The van der Waals surface area contributed by atoms with Gasteiger partial charge in [0.15, 0.2) is 0 Å². The number of carbonyl (C=O) groups is 1. The third-order valence-electron chi connectivity index (χ3n) is 3.58. The van der Waals surface area contributed by atoms with Crippen molar-refractivity contribution in [2.75, 3.05) is 16.8 Å². The molecule has 0 aromatic heterocycles. The average molecular weight is 311 g/mol. The predicted octanol–water partition coefficient (Wildman–Crippen LogP) is 1.41. The summed E-state index contributed by atoms with van der Waals surface area (Å²) < 4.78 is 22.6. The van der Waals surface area contributed by atoms with Gasteiger partial charge in [-0.15, -0.1) is 0 Å². The van der Waals surface area contributed by atoms with Gasteiger partial charge in [0.1, 0.15) is 9.84 Å². The van der Waals surface area contributed by atoms with Gasteiger partial charge in [-0.25, -0.2) is 13.2 Å². The van der Waals surface area contributed by atoms with Crippen molar-refractivity contribution in [1.29, 1.82) is 0 Å². The van der Waals surface area contributed by atoms with Crippen molar-refractivity contribution in [1.82, 2.24) is 5.32 Å². The number of nitrogens with two attached hydrogens (primary N) is 1. The molecular weight excluding hydrogens is 290 g/mol. The minimum absolute atomic E-state index is 0.0444. The van der Waals surface area contributed by atoms with Crippen LogP contribution in [0.3, 0.4) is 0 Å². The molecule has 2 rings (SSSR count). The van der Waals surface area contributed by atoms with Gasteiger partial charge in [0.25, 0.3) is 0 Å². The first-order valence-corrected chi connectivity index (χ1v) is 8.81. The summed E-state index contributed by atoms with van der Waals surface area (Å²) in [6.07, 6.45) is 0.943. The number of amides is 2. The van der Waals surface area contributed by atoms with Gasteiger partial charge in [-0.3, -0.25) is 0 Å². The molecule has 1 atom stereocenters. The highest BCUT2D eigenvalue weighted by molar-refractivity contribution is 7.91. The standard InChI is InChI=1S/C14H21N3O3S/c1-10(15)11-2-4-12(5-3-11)16-14(18)17-13-6-8-21(19,20)9-7-13/h2-5,10,13H,6-9,15H2,1H3,(H2,16,17,18). The third kappa shape index (κ3) is 4.71. The Morgan fingerprint density at radius 3 is 2.33 bits per heavy atom. The normalized spacial score (nSPS) is 19.7. The van der Waals surface area contributed by atoms with E-state index in [1.807, 2.05) is 19.1 Å². The van der Waals surface area contributed by atoms with Crippen molar-refractivity contribution in [3.63, 3.8) is 0 Å². The molecule has 1 aromatic carbocycles. The number of anilines is 1. The van der Waals surface area contributed by atoms with E-state index >= 15 is 0 Å². The Morgan fingerprint density at radius 2 is 1.81 bits per heavy atom. The van der Waals surface area contributed by atoms with Crippen LogP contribution in [0.25, 0.3) is 0 Å². The monoisotopic (exact) mass is 311 g/mol. The minimum Gasteiger partial charge on any atom is -0.335 e. The average Bonchev–Trinajstić information content (AvgIpc) is 2.42. The van der Waals surface area contributed by atoms with Crippen molar-refractivity contribution in [2.45, 2.75) is 31.8 Å². The molecule has 0 aliphatic carbocycles. The van der Waals surface area contributed by atoms with Gasteiger partial charge in [0.2, 0.25) is 0 Å². The van der Waals surface area contributed by atoms with Crippen LogP contribution in [-0.2, 0) is 9.84 Å². The molecule has 7 heteroatoms. The molecule has 0 spiro atoms. The molecule has 1 saturated heterocycles. The lowest BCUT2D eigenvalue weighted by Gasteiger charge is -2.23. The van der Waals surface area contributed by atoms with Crippen LogP contribution >= 0.6 is 0 Å². The fourth-order valence-electron chi connectivity index (χ4n) is 2.26. The number of hydrogen-bond donors (Lipinski definition) is 3. The molecule has 4 N–H and O–H groups in total. The van der Waals surface area contributed by atoms with Crippen LogP contribution in [0.15, 0.2) is 24.3 Å². The Kier molecular flexibility index (Phi) is 4.84. The van der Waals surface area contributed by atoms with E-state index < -0.39 is 9.84 Å². The Morgan fingerprint density at radius 1 is 1.24 bits per heavy atom. The molecule has 21 heavy (non-hydrogen) atoms. The fourth-order valence-corrected chi connectivity index (χ4v) is 3.75. The highest BCUT2D eigenvalue weighted by Gasteiger charge is 2.24. The van der Waals surface area contributed by atoms with E-state index in [4.69, 9.17) is 5.73 Å². The molecule has 1 aliphatic heterocycles. The number of hydrogen-bond acceptors (Lipinski definition) is 4. The first-order valence-electron chi connectivity index (χ1n) is 6.99. The van der Waals surface area contributed by atoms with E-state index in [9.17, 15) is 13.2 Å². The summed E-state index contributed by atoms with van der Waals surface area (Å²) in [6.45, 7) is 1.90. The van der Waals surface area contributed by atoms with Crippen LogP contribution in [0.5, 0.6) is 0 Å². The Bertz CT molecular complexity index is 582. The summed E-state index contributed by atoms with van der Waals surface area (Å²) in [6, 6.07) is 6.88. The van der Waals surface area contributed by atoms with Crippen LogP contribution < -0.4 is 16.4 Å².